The van der Waals surface area contributed by atoms with Gasteiger partial charge in [0.05, 0.1) is 13.2 Å². The summed E-state index contributed by atoms with van der Waals surface area (Å²) in [7, 11) is 1.40. The number of rotatable bonds is 8. The van der Waals surface area contributed by atoms with Crippen molar-refractivity contribution in [2.24, 2.45) is 0 Å². The first-order valence-corrected chi connectivity index (χ1v) is 10.2. The maximum Gasteiger partial charge on any atom is 0.200 e. The second kappa shape index (κ2) is 8.94. The number of phenols is 2. The molecule has 0 heterocycles. The third-order valence-electron chi connectivity index (χ3n) is 5.75. The van der Waals surface area contributed by atoms with Crippen LogP contribution >= 0.6 is 0 Å². The molecule has 0 aliphatic rings. The molecule has 0 aliphatic heterocycles. The van der Waals surface area contributed by atoms with Crippen LogP contribution in [0, 0.1) is 6.92 Å². The molecule has 0 amide bonds. The molecule has 5 nitrogen and oxygen atoms in total. The van der Waals surface area contributed by atoms with Crippen LogP contribution in [-0.2, 0) is 6.42 Å². The van der Waals surface area contributed by atoms with Gasteiger partial charge in [0.2, 0.25) is 5.75 Å². The highest BCUT2D eigenvalue weighted by Crippen LogP contribution is 2.40. The summed E-state index contributed by atoms with van der Waals surface area (Å²) in [5.41, 5.74) is 2.86. The van der Waals surface area contributed by atoms with Gasteiger partial charge in [0.15, 0.2) is 11.5 Å². The fraction of sp³-hybridized carbons (Fsp3) is 0.360. The number of aromatic hydroxyl groups is 2. The smallest absolute Gasteiger partial charge is 0.200 e. The molecule has 160 valence electrons. The van der Waals surface area contributed by atoms with E-state index in [0.717, 1.165) is 12.8 Å². The quantitative estimate of drug-likeness (QED) is 0.409. The number of fused-ring (bicyclic) bond motifs is 1. The second-order valence-electron chi connectivity index (χ2n) is 8.42. The van der Waals surface area contributed by atoms with Crippen molar-refractivity contribution in [2.75, 3.05) is 13.7 Å². The Labute approximate surface area is 178 Å². The summed E-state index contributed by atoms with van der Waals surface area (Å²) in [5.74, 6) is -0.547. The van der Waals surface area contributed by atoms with E-state index in [4.69, 9.17) is 4.74 Å². The molecule has 0 bridgehead atoms. The monoisotopic (exact) mass is 409 g/mol. The number of benzene rings is 3. The first-order valence-electron chi connectivity index (χ1n) is 10.2. The number of aliphatic hydroxyl groups excluding tert-OH is 1. The molecule has 0 fully saturated rings. The van der Waals surface area contributed by atoms with E-state index in [2.05, 4.69) is 62.5 Å². The Morgan fingerprint density at radius 1 is 1.03 bits per heavy atom. The van der Waals surface area contributed by atoms with Gasteiger partial charge in [-0.1, -0.05) is 36.4 Å². The molecule has 0 aliphatic carbocycles. The summed E-state index contributed by atoms with van der Waals surface area (Å²) in [6, 6.07) is 15.7. The number of β-amino-alcohol motifs (C(OH)–C–C–N with tert-alkyl or cyclic N) is 1. The number of ether oxygens (including phenoxy) is 1. The third kappa shape index (κ3) is 4.69. The Morgan fingerprint density at radius 2 is 1.77 bits per heavy atom. The number of hydrogen-bond donors (Lipinski definition) is 4. The third-order valence-corrected chi connectivity index (χ3v) is 5.75. The van der Waals surface area contributed by atoms with E-state index in [9.17, 15) is 15.3 Å². The summed E-state index contributed by atoms with van der Waals surface area (Å²) in [4.78, 5) is 0. The number of hydrogen-bond acceptors (Lipinski definition) is 5. The molecule has 1 atom stereocenters. The molecule has 3 aromatic carbocycles. The van der Waals surface area contributed by atoms with Gasteiger partial charge in [0.25, 0.3) is 0 Å². The molecule has 3 rings (SSSR count). The number of phenolic OH excluding ortho intramolecular Hbond substituents is 2. The molecule has 0 aromatic heterocycles. The van der Waals surface area contributed by atoms with Gasteiger partial charge in [-0.05, 0) is 67.6 Å². The Balaban J connectivity index is 1.68. The van der Waals surface area contributed by atoms with Crippen LogP contribution in [-0.4, -0.2) is 34.5 Å². The van der Waals surface area contributed by atoms with E-state index in [-0.39, 0.29) is 22.8 Å². The first-order chi connectivity index (χ1) is 14.2. The standard InChI is InChI=1S/C25H31NO4/c1-16-9-10-17-7-5-6-8-19(17)18(16)13-14-25(2,3)26-15-22(28)20-11-12-21(27)23(29)24(20)30-4/h5-12,22,26-29H,13-15H2,1-4H3. The van der Waals surface area contributed by atoms with Crippen LogP contribution in [0.15, 0.2) is 48.5 Å². The maximum absolute atomic E-state index is 10.6. The average molecular weight is 410 g/mol. The summed E-state index contributed by atoms with van der Waals surface area (Å²) in [6.07, 6.45) is 0.934. The lowest BCUT2D eigenvalue weighted by atomic mass is 9.90. The van der Waals surface area contributed by atoms with E-state index in [1.165, 1.54) is 35.1 Å². The van der Waals surface area contributed by atoms with Crippen molar-refractivity contribution in [1.82, 2.24) is 5.32 Å². The first kappa shape index (κ1) is 21.9. The Bertz CT molecular complexity index is 1030. The van der Waals surface area contributed by atoms with E-state index >= 15 is 0 Å². The normalized spacial score (nSPS) is 12.8. The van der Waals surface area contributed by atoms with Crippen molar-refractivity contribution >= 4 is 10.8 Å². The molecule has 0 radical (unpaired) electrons. The molecule has 4 N–H and O–H groups in total. The highest BCUT2D eigenvalue weighted by molar-refractivity contribution is 5.86. The van der Waals surface area contributed by atoms with Gasteiger partial charge in [-0.15, -0.1) is 0 Å². The SMILES string of the molecule is COc1c(C(O)CNC(C)(C)CCc2c(C)ccc3ccccc23)ccc(O)c1O. The maximum atomic E-state index is 10.6. The summed E-state index contributed by atoms with van der Waals surface area (Å²) in [5, 5.41) is 36.2. The van der Waals surface area contributed by atoms with Crippen molar-refractivity contribution in [2.45, 2.75) is 45.3 Å². The topological polar surface area (TPSA) is 82.0 Å². The Morgan fingerprint density at radius 3 is 2.50 bits per heavy atom. The van der Waals surface area contributed by atoms with E-state index in [1.54, 1.807) is 6.07 Å². The summed E-state index contributed by atoms with van der Waals surface area (Å²) in [6.45, 7) is 6.68. The highest BCUT2D eigenvalue weighted by atomic mass is 16.5. The molecule has 5 heteroatoms. The fourth-order valence-electron chi connectivity index (χ4n) is 3.84. The van der Waals surface area contributed by atoms with Gasteiger partial charge >= 0.3 is 0 Å². The van der Waals surface area contributed by atoms with Crippen LogP contribution in [0.1, 0.15) is 43.1 Å². The van der Waals surface area contributed by atoms with Crippen molar-refractivity contribution in [3.8, 4) is 17.2 Å². The van der Waals surface area contributed by atoms with Crippen LogP contribution in [0.5, 0.6) is 17.2 Å². The molecule has 0 spiro atoms. The summed E-state index contributed by atoms with van der Waals surface area (Å²) >= 11 is 0. The number of methoxy groups -OCH3 is 1. The lowest BCUT2D eigenvalue weighted by Crippen LogP contribution is -2.42. The van der Waals surface area contributed by atoms with Gasteiger partial charge in [-0.25, -0.2) is 0 Å². The fourth-order valence-corrected chi connectivity index (χ4v) is 3.84. The zero-order chi connectivity index (χ0) is 21.9. The molecule has 3 aromatic rings. The lowest BCUT2D eigenvalue weighted by molar-refractivity contribution is 0.154. The zero-order valence-electron chi connectivity index (χ0n) is 18.1. The predicted octanol–water partition coefficient (Wildman–Crippen LogP) is 4.60. The van der Waals surface area contributed by atoms with Gasteiger partial charge in [-0.2, -0.15) is 0 Å². The predicted molar refractivity (Wildman–Crippen MR) is 120 cm³/mol. The molecule has 1 unspecified atom stereocenters. The minimum Gasteiger partial charge on any atom is -0.504 e. The molecular weight excluding hydrogens is 378 g/mol. The zero-order valence-corrected chi connectivity index (χ0v) is 18.1. The Kier molecular flexibility index (Phi) is 6.54. The van der Waals surface area contributed by atoms with Gasteiger partial charge < -0.3 is 25.4 Å². The minimum atomic E-state index is -0.884. The van der Waals surface area contributed by atoms with Crippen LogP contribution in [0.2, 0.25) is 0 Å². The van der Waals surface area contributed by atoms with Gasteiger partial charge in [0, 0.05) is 17.6 Å². The van der Waals surface area contributed by atoms with Crippen molar-refractivity contribution < 1.29 is 20.1 Å². The summed E-state index contributed by atoms with van der Waals surface area (Å²) < 4.78 is 5.17. The van der Waals surface area contributed by atoms with Gasteiger partial charge in [-0.3, -0.25) is 0 Å². The van der Waals surface area contributed by atoms with E-state index in [0.29, 0.717) is 12.1 Å². The number of aryl methyl sites for hydroxylation is 2. The number of nitrogens with one attached hydrogen (secondary N) is 1. The van der Waals surface area contributed by atoms with E-state index in [1.807, 2.05) is 0 Å². The Hall–Kier alpha value is -2.76. The van der Waals surface area contributed by atoms with Crippen LogP contribution in [0.4, 0.5) is 0 Å². The highest BCUT2D eigenvalue weighted by Gasteiger charge is 2.23. The van der Waals surface area contributed by atoms with Gasteiger partial charge in [0.1, 0.15) is 0 Å². The van der Waals surface area contributed by atoms with Crippen LogP contribution in [0.3, 0.4) is 0 Å². The average Bonchev–Trinajstić information content (AvgIpc) is 2.73. The largest absolute Gasteiger partial charge is 0.504 e. The lowest BCUT2D eigenvalue weighted by Gasteiger charge is -2.29. The second-order valence-corrected chi connectivity index (χ2v) is 8.42. The number of aliphatic hydroxyl groups is 1. The van der Waals surface area contributed by atoms with Crippen molar-refractivity contribution in [3.05, 3.63) is 65.2 Å². The van der Waals surface area contributed by atoms with Crippen molar-refractivity contribution in [3.63, 3.8) is 0 Å². The van der Waals surface area contributed by atoms with E-state index < -0.39 is 6.10 Å². The van der Waals surface area contributed by atoms with Crippen molar-refractivity contribution in [1.29, 1.82) is 0 Å². The minimum absolute atomic E-state index is 0.0912. The van der Waals surface area contributed by atoms with Crippen LogP contribution in [0.25, 0.3) is 10.8 Å². The molecular formula is C25H31NO4. The molecule has 0 saturated carbocycles. The molecule has 30 heavy (non-hydrogen) atoms. The molecule has 0 saturated heterocycles. The van der Waals surface area contributed by atoms with Crippen LogP contribution < -0.4 is 10.1 Å².